The van der Waals surface area contributed by atoms with Crippen molar-refractivity contribution in [1.82, 2.24) is 20.1 Å². The van der Waals surface area contributed by atoms with Crippen LogP contribution in [-0.2, 0) is 6.54 Å². The predicted molar refractivity (Wildman–Crippen MR) is 63.0 cm³/mol. The van der Waals surface area contributed by atoms with Crippen molar-refractivity contribution in [2.75, 3.05) is 11.5 Å². The molecular weight excluding hydrogens is 208 g/mol. The Kier molecular flexibility index (Phi) is 4.02. The predicted octanol–water partition coefficient (Wildman–Crippen LogP) is 1.15. The molecule has 1 saturated heterocycles. The number of aromatic nitrogens is 3. The molecule has 1 fully saturated rings. The third-order valence-electron chi connectivity index (χ3n) is 2.61. The fourth-order valence-corrected chi connectivity index (χ4v) is 3.02. The minimum atomic E-state index is 0.468. The third kappa shape index (κ3) is 3.50. The molecule has 0 bridgehead atoms. The van der Waals surface area contributed by atoms with Gasteiger partial charge in [-0.3, -0.25) is 4.68 Å². The van der Waals surface area contributed by atoms with Gasteiger partial charge in [-0.15, -0.1) is 0 Å². The summed E-state index contributed by atoms with van der Waals surface area (Å²) in [5.74, 6) is 2.58. The molecule has 84 valence electrons. The zero-order valence-corrected chi connectivity index (χ0v) is 9.91. The highest BCUT2D eigenvalue weighted by atomic mass is 32.2. The summed E-state index contributed by atoms with van der Waals surface area (Å²) < 4.78 is 1.88. The molecule has 1 aromatic rings. The Labute approximate surface area is 94.8 Å². The molecule has 2 unspecified atom stereocenters. The maximum absolute atomic E-state index is 4.11. The lowest BCUT2D eigenvalue weighted by atomic mass is 10.1. The van der Waals surface area contributed by atoms with Crippen LogP contribution in [0.15, 0.2) is 12.7 Å². The average molecular weight is 226 g/mol. The second-order valence-electron chi connectivity index (χ2n) is 4.10. The Morgan fingerprint density at radius 3 is 3.27 bits per heavy atom. The maximum Gasteiger partial charge on any atom is 0.137 e. The standard InChI is InChI=1S/C10H18N4S/c1-9(5-14-8-11-7-12-14)13-10-3-2-4-15-6-10/h7-10,13H,2-6H2,1H3. The highest BCUT2D eigenvalue weighted by Crippen LogP contribution is 2.17. The summed E-state index contributed by atoms with van der Waals surface area (Å²) >= 11 is 2.06. The molecule has 1 N–H and O–H groups in total. The number of hydrogen-bond acceptors (Lipinski definition) is 4. The number of nitrogens with zero attached hydrogens (tertiary/aromatic N) is 3. The Morgan fingerprint density at radius 2 is 2.60 bits per heavy atom. The topological polar surface area (TPSA) is 42.7 Å². The summed E-state index contributed by atoms with van der Waals surface area (Å²) in [6.45, 7) is 3.11. The lowest BCUT2D eigenvalue weighted by Gasteiger charge is -2.26. The minimum Gasteiger partial charge on any atom is -0.309 e. The van der Waals surface area contributed by atoms with Gasteiger partial charge < -0.3 is 5.32 Å². The Morgan fingerprint density at radius 1 is 1.67 bits per heavy atom. The second-order valence-corrected chi connectivity index (χ2v) is 5.25. The van der Waals surface area contributed by atoms with Gasteiger partial charge in [0, 0.05) is 17.8 Å². The molecule has 1 aliphatic heterocycles. The van der Waals surface area contributed by atoms with Crippen LogP contribution in [0.1, 0.15) is 19.8 Å². The van der Waals surface area contributed by atoms with Crippen LogP contribution in [0.4, 0.5) is 0 Å². The van der Waals surface area contributed by atoms with Gasteiger partial charge in [0.2, 0.25) is 0 Å². The fourth-order valence-electron chi connectivity index (χ4n) is 1.93. The van der Waals surface area contributed by atoms with Crippen molar-refractivity contribution in [2.24, 2.45) is 0 Å². The summed E-state index contributed by atoms with van der Waals surface area (Å²) in [6, 6.07) is 1.15. The normalized spacial score (nSPS) is 23.9. The van der Waals surface area contributed by atoms with Crippen LogP contribution in [0.5, 0.6) is 0 Å². The van der Waals surface area contributed by atoms with Gasteiger partial charge in [0.15, 0.2) is 0 Å². The molecule has 0 amide bonds. The van der Waals surface area contributed by atoms with Crippen molar-refractivity contribution >= 4 is 11.8 Å². The van der Waals surface area contributed by atoms with Crippen LogP contribution >= 0.6 is 11.8 Å². The summed E-state index contributed by atoms with van der Waals surface area (Å²) in [6.07, 6.45) is 6.02. The molecule has 0 spiro atoms. The molecule has 0 radical (unpaired) electrons. The summed E-state index contributed by atoms with van der Waals surface area (Å²) in [5, 5.41) is 7.76. The number of nitrogens with one attached hydrogen (secondary N) is 1. The number of hydrogen-bond donors (Lipinski definition) is 1. The smallest absolute Gasteiger partial charge is 0.137 e. The van der Waals surface area contributed by atoms with Crippen LogP contribution in [0.25, 0.3) is 0 Å². The van der Waals surface area contributed by atoms with E-state index < -0.39 is 0 Å². The van der Waals surface area contributed by atoms with Crippen LogP contribution in [0.2, 0.25) is 0 Å². The van der Waals surface area contributed by atoms with E-state index in [0.717, 1.165) is 6.54 Å². The molecule has 1 aromatic heterocycles. The van der Waals surface area contributed by atoms with Gasteiger partial charge in [-0.2, -0.15) is 16.9 Å². The number of thioether (sulfide) groups is 1. The third-order valence-corrected chi connectivity index (χ3v) is 3.82. The quantitative estimate of drug-likeness (QED) is 0.836. The van der Waals surface area contributed by atoms with Gasteiger partial charge in [-0.1, -0.05) is 0 Å². The van der Waals surface area contributed by atoms with E-state index in [2.05, 4.69) is 34.1 Å². The average Bonchev–Trinajstić information content (AvgIpc) is 2.71. The first-order valence-corrected chi connectivity index (χ1v) is 6.66. The first-order chi connectivity index (χ1) is 7.34. The second kappa shape index (κ2) is 5.51. The highest BCUT2D eigenvalue weighted by molar-refractivity contribution is 7.99. The molecule has 5 heteroatoms. The number of rotatable bonds is 4. The zero-order valence-electron chi connectivity index (χ0n) is 9.09. The molecule has 0 aliphatic carbocycles. The van der Waals surface area contributed by atoms with Gasteiger partial charge in [0.25, 0.3) is 0 Å². The molecule has 0 aromatic carbocycles. The minimum absolute atomic E-state index is 0.468. The first kappa shape index (κ1) is 11.0. The van der Waals surface area contributed by atoms with Crippen molar-refractivity contribution in [2.45, 2.75) is 38.4 Å². The van der Waals surface area contributed by atoms with Gasteiger partial charge >= 0.3 is 0 Å². The molecule has 2 heterocycles. The molecular formula is C10H18N4S. The first-order valence-electron chi connectivity index (χ1n) is 5.51. The van der Waals surface area contributed by atoms with E-state index in [1.165, 1.54) is 24.3 Å². The van der Waals surface area contributed by atoms with Gasteiger partial charge in [0.05, 0.1) is 6.54 Å². The molecule has 1 aliphatic rings. The van der Waals surface area contributed by atoms with Crippen molar-refractivity contribution in [1.29, 1.82) is 0 Å². The largest absolute Gasteiger partial charge is 0.309 e. The van der Waals surface area contributed by atoms with Crippen LogP contribution in [-0.4, -0.2) is 38.4 Å². The molecule has 2 rings (SSSR count). The van der Waals surface area contributed by atoms with Crippen LogP contribution in [0, 0.1) is 0 Å². The van der Waals surface area contributed by atoms with E-state index in [9.17, 15) is 0 Å². The zero-order chi connectivity index (χ0) is 10.5. The van der Waals surface area contributed by atoms with E-state index >= 15 is 0 Å². The van der Waals surface area contributed by atoms with E-state index in [1.807, 2.05) is 4.68 Å². The maximum atomic E-state index is 4.11. The van der Waals surface area contributed by atoms with E-state index in [1.54, 1.807) is 12.7 Å². The lowest BCUT2D eigenvalue weighted by Crippen LogP contribution is -2.41. The van der Waals surface area contributed by atoms with Crippen molar-refractivity contribution in [3.05, 3.63) is 12.7 Å². The summed E-state index contributed by atoms with van der Waals surface area (Å²) in [7, 11) is 0. The Hall–Kier alpha value is -0.550. The van der Waals surface area contributed by atoms with E-state index in [-0.39, 0.29) is 0 Å². The van der Waals surface area contributed by atoms with Crippen molar-refractivity contribution in [3.8, 4) is 0 Å². The summed E-state index contributed by atoms with van der Waals surface area (Å²) in [4.78, 5) is 3.94. The SMILES string of the molecule is CC(Cn1cncn1)NC1CCCSC1. The lowest BCUT2D eigenvalue weighted by molar-refractivity contribution is 0.393. The molecule has 0 saturated carbocycles. The van der Waals surface area contributed by atoms with E-state index in [4.69, 9.17) is 0 Å². The Bertz CT molecular complexity index is 269. The monoisotopic (exact) mass is 226 g/mol. The highest BCUT2D eigenvalue weighted by Gasteiger charge is 2.15. The fraction of sp³-hybridized carbons (Fsp3) is 0.800. The van der Waals surface area contributed by atoms with Gasteiger partial charge in [-0.25, -0.2) is 4.98 Å². The van der Waals surface area contributed by atoms with E-state index in [0.29, 0.717) is 12.1 Å². The molecule has 4 nitrogen and oxygen atoms in total. The van der Waals surface area contributed by atoms with Crippen molar-refractivity contribution in [3.63, 3.8) is 0 Å². The molecule has 15 heavy (non-hydrogen) atoms. The van der Waals surface area contributed by atoms with Crippen LogP contribution < -0.4 is 5.32 Å². The van der Waals surface area contributed by atoms with Gasteiger partial charge in [-0.05, 0) is 25.5 Å². The van der Waals surface area contributed by atoms with Gasteiger partial charge in [0.1, 0.15) is 12.7 Å². The molecule has 2 atom stereocenters. The van der Waals surface area contributed by atoms with Crippen LogP contribution in [0.3, 0.4) is 0 Å². The summed E-state index contributed by atoms with van der Waals surface area (Å²) in [5.41, 5.74) is 0. The Balaban J connectivity index is 1.74. The van der Waals surface area contributed by atoms with Crippen molar-refractivity contribution < 1.29 is 0 Å².